The van der Waals surface area contributed by atoms with Crippen LogP contribution < -0.4 is 5.32 Å². The fourth-order valence-electron chi connectivity index (χ4n) is 2.26. The summed E-state index contributed by atoms with van der Waals surface area (Å²) in [6.07, 6.45) is -3.88. The highest BCUT2D eigenvalue weighted by molar-refractivity contribution is 5.76. The van der Waals surface area contributed by atoms with Crippen LogP contribution in [0.3, 0.4) is 0 Å². The second-order valence-corrected chi connectivity index (χ2v) is 5.13. The molecule has 122 valence electrons. The summed E-state index contributed by atoms with van der Waals surface area (Å²) < 4.78 is 43.2. The van der Waals surface area contributed by atoms with Gasteiger partial charge < -0.3 is 15.0 Å². The third kappa shape index (κ3) is 4.99. The smallest absolute Gasteiger partial charge is 0.375 e. The molecule has 1 saturated heterocycles. The van der Waals surface area contributed by atoms with Gasteiger partial charge in [0.05, 0.1) is 18.8 Å². The number of alkyl halides is 3. The molecule has 0 aliphatic carbocycles. The summed E-state index contributed by atoms with van der Waals surface area (Å²) in [7, 11) is 0. The number of halogens is 3. The molecule has 0 atom stereocenters. The van der Waals surface area contributed by atoms with Crippen LogP contribution in [-0.2, 0) is 22.3 Å². The largest absolute Gasteiger partial charge is 0.416 e. The lowest BCUT2D eigenvalue weighted by atomic mass is 10.1. The maximum Gasteiger partial charge on any atom is 0.416 e. The Morgan fingerprint density at radius 2 is 2.09 bits per heavy atom. The van der Waals surface area contributed by atoms with Crippen molar-refractivity contribution in [1.29, 1.82) is 0 Å². The van der Waals surface area contributed by atoms with E-state index in [0.717, 1.165) is 18.7 Å². The van der Waals surface area contributed by atoms with E-state index >= 15 is 0 Å². The molecule has 22 heavy (non-hydrogen) atoms. The van der Waals surface area contributed by atoms with Gasteiger partial charge in [0.15, 0.2) is 0 Å². The molecule has 1 heterocycles. The number of rotatable bonds is 5. The van der Waals surface area contributed by atoms with Gasteiger partial charge in [0.2, 0.25) is 5.91 Å². The number of nitrogens with one attached hydrogen (secondary N) is 1. The van der Waals surface area contributed by atoms with Crippen LogP contribution >= 0.6 is 0 Å². The first-order valence-electron chi connectivity index (χ1n) is 7.19. The van der Waals surface area contributed by atoms with E-state index in [1.165, 1.54) is 6.07 Å². The zero-order chi connectivity index (χ0) is 16.0. The van der Waals surface area contributed by atoms with Crippen LogP contribution in [0.1, 0.15) is 17.5 Å². The average Bonchev–Trinajstić information content (AvgIpc) is 2.68. The van der Waals surface area contributed by atoms with Crippen molar-refractivity contribution < 1.29 is 22.7 Å². The van der Waals surface area contributed by atoms with E-state index in [1.54, 1.807) is 11.0 Å². The molecule has 4 nitrogen and oxygen atoms in total. The SMILES string of the molecule is O=C1CCNCCN1CCOCc1cccc(C(F)(F)F)c1. The van der Waals surface area contributed by atoms with Crippen LogP contribution in [0, 0.1) is 0 Å². The fourth-order valence-corrected chi connectivity index (χ4v) is 2.26. The lowest BCUT2D eigenvalue weighted by molar-refractivity contribution is -0.137. The quantitative estimate of drug-likeness (QED) is 0.845. The minimum Gasteiger partial charge on any atom is -0.375 e. The Morgan fingerprint density at radius 3 is 2.86 bits per heavy atom. The van der Waals surface area contributed by atoms with Crippen molar-refractivity contribution in [2.75, 3.05) is 32.8 Å². The molecule has 2 rings (SSSR count). The van der Waals surface area contributed by atoms with Crippen molar-refractivity contribution >= 4 is 5.91 Å². The predicted octanol–water partition coefficient (Wildman–Crippen LogP) is 2.04. The van der Waals surface area contributed by atoms with Gasteiger partial charge in [0.25, 0.3) is 0 Å². The minimum atomic E-state index is -4.35. The lowest BCUT2D eigenvalue weighted by Crippen LogP contribution is -2.35. The van der Waals surface area contributed by atoms with Crippen molar-refractivity contribution in [2.24, 2.45) is 0 Å². The number of benzene rings is 1. The standard InChI is InChI=1S/C15H19F3N2O2/c16-15(17,18)13-3-1-2-12(10-13)11-22-9-8-20-7-6-19-5-4-14(20)21/h1-3,10,19H,4-9,11H2. The third-order valence-electron chi connectivity index (χ3n) is 3.46. The molecule has 1 aliphatic heterocycles. The Kier molecular flexibility index (Phi) is 5.79. The monoisotopic (exact) mass is 316 g/mol. The summed E-state index contributed by atoms with van der Waals surface area (Å²) in [6, 6.07) is 5.08. The highest BCUT2D eigenvalue weighted by atomic mass is 19.4. The van der Waals surface area contributed by atoms with Crippen molar-refractivity contribution in [3.8, 4) is 0 Å². The Morgan fingerprint density at radius 1 is 1.27 bits per heavy atom. The van der Waals surface area contributed by atoms with Gasteiger partial charge in [-0.1, -0.05) is 12.1 Å². The summed E-state index contributed by atoms with van der Waals surface area (Å²) in [5.74, 6) is 0.0765. The Labute approximate surface area is 127 Å². The zero-order valence-corrected chi connectivity index (χ0v) is 12.2. The lowest BCUT2D eigenvalue weighted by Gasteiger charge is -2.20. The summed E-state index contributed by atoms with van der Waals surface area (Å²) >= 11 is 0. The molecule has 0 radical (unpaired) electrons. The van der Waals surface area contributed by atoms with Gasteiger partial charge in [-0.3, -0.25) is 4.79 Å². The van der Waals surface area contributed by atoms with E-state index in [2.05, 4.69) is 5.32 Å². The molecule has 1 fully saturated rings. The first-order chi connectivity index (χ1) is 10.5. The van der Waals surface area contributed by atoms with Gasteiger partial charge in [-0.25, -0.2) is 0 Å². The Bertz CT molecular complexity index is 506. The number of nitrogens with zero attached hydrogens (tertiary/aromatic N) is 1. The Balaban J connectivity index is 1.78. The molecule has 7 heteroatoms. The molecule has 0 spiro atoms. The van der Waals surface area contributed by atoms with Crippen molar-refractivity contribution in [3.63, 3.8) is 0 Å². The fraction of sp³-hybridized carbons (Fsp3) is 0.533. The number of ether oxygens (including phenoxy) is 1. The first-order valence-corrected chi connectivity index (χ1v) is 7.19. The van der Waals surface area contributed by atoms with Gasteiger partial charge in [-0.05, 0) is 17.7 Å². The minimum absolute atomic E-state index is 0.0765. The van der Waals surface area contributed by atoms with Crippen LogP contribution in [0.5, 0.6) is 0 Å². The Hall–Kier alpha value is -1.60. The van der Waals surface area contributed by atoms with E-state index < -0.39 is 11.7 Å². The van der Waals surface area contributed by atoms with Crippen molar-refractivity contribution in [3.05, 3.63) is 35.4 Å². The molecule has 0 saturated carbocycles. The van der Waals surface area contributed by atoms with Crippen LogP contribution in [0.4, 0.5) is 13.2 Å². The highest BCUT2D eigenvalue weighted by Crippen LogP contribution is 2.29. The van der Waals surface area contributed by atoms with Crippen LogP contribution in [0.25, 0.3) is 0 Å². The molecular formula is C15H19F3N2O2. The highest BCUT2D eigenvalue weighted by Gasteiger charge is 2.30. The van der Waals surface area contributed by atoms with Crippen LogP contribution in [0.2, 0.25) is 0 Å². The van der Waals surface area contributed by atoms with E-state index in [4.69, 9.17) is 4.74 Å². The van der Waals surface area contributed by atoms with Crippen LogP contribution in [0.15, 0.2) is 24.3 Å². The summed E-state index contributed by atoms with van der Waals surface area (Å²) in [6.45, 7) is 2.93. The number of amides is 1. The molecule has 1 aromatic carbocycles. The zero-order valence-electron chi connectivity index (χ0n) is 12.2. The van der Waals surface area contributed by atoms with E-state index in [0.29, 0.717) is 38.2 Å². The number of carbonyl (C=O) groups excluding carboxylic acids is 1. The number of carbonyl (C=O) groups is 1. The molecule has 0 aromatic heterocycles. The molecule has 1 aromatic rings. The van der Waals surface area contributed by atoms with Crippen molar-refractivity contribution in [1.82, 2.24) is 10.2 Å². The third-order valence-corrected chi connectivity index (χ3v) is 3.46. The topological polar surface area (TPSA) is 41.6 Å². The predicted molar refractivity (Wildman–Crippen MR) is 75.2 cm³/mol. The molecule has 0 unspecified atom stereocenters. The van der Waals surface area contributed by atoms with E-state index in [1.807, 2.05) is 0 Å². The molecule has 1 N–H and O–H groups in total. The first kappa shape index (κ1) is 16.8. The second-order valence-electron chi connectivity index (χ2n) is 5.13. The van der Waals surface area contributed by atoms with Gasteiger partial charge >= 0.3 is 6.18 Å². The van der Waals surface area contributed by atoms with Crippen molar-refractivity contribution in [2.45, 2.75) is 19.2 Å². The summed E-state index contributed by atoms with van der Waals surface area (Å²) in [5, 5.41) is 3.13. The van der Waals surface area contributed by atoms with Gasteiger partial charge in [0.1, 0.15) is 0 Å². The van der Waals surface area contributed by atoms with Crippen LogP contribution in [-0.4, -0.2) is 43.6 Å². The summed E-state index contributed by atoms with van der Waals surface area (Å²) in [4.78, 5) is 13.5. The summed E-state index contributed by atoms with van der Waals surface area (Å²) in [5.41, 5.74) is -0.207. The van der Waals surface area contributed by atoms with E-state index in [-0.39, 0.29) is 12.5 Å². The molecule has 0 bridgehead atoms. The molecule has 1 aliphatic rings. The van der Waals surface area contributed by atoms with Gasteiger partial charge in [-0.2, -0.15) is 13.2 Å². The van der Waals surface area contributed by atoms with Gasteiger partial charge in [0, 0.05) is 32.6 Å². The van der Waals surface area contributed by atoms with E-state index in [9.17, 15) is 18.0 Å². The number of hydrogen-bond donors (Lipinski definition) is 1. The average molecular weight is 316 g/mol. The molecule has 1 amide bonds. The maximum absolute atomic E-state index is 12.6. The maximum atomic E-state index is 12.6. The molecular weight excluding hydrogens is 297 g/mol. The number of hydrogen-bond acceptors (Lipinski definition) is 3. The normalized spacial score (nSPS) is 16.7. The second kappa shape index (κ2) is 7.60. The van der Waals surface area contributed by atoms with Gasteiger partial charge in [-0.15, -0.1) is 0 Å².